The molecule has 2 aliphatic heterocycles. The molecule has 118 heavy (non-hydrogen) atoms. The Balaban J connectivity index is -0.000000103. The number of aliphatic hydroxyl groups excluding tert-OH is 10. The van der Waals surface area contributed by atoms with Crippen molar-refractivity contribution in [2.45, 2.75) is 123 Å². The number of rotatable bonds is 53. The van der Waals surface area contributed by atoms with Crippen molar-refractivity contribution in [2.75, 3.05) is 453 Å². The van der Waals surface area contributed by atoms with Crippen molar-refractivity contribution < 1.29 is 55.8 Å². The molecule has 732 valence electrons. The quantitative estimate of drug-likeness (QED) is 0.0357. The SMILES string of the molecule is CC(C)NCCO.CN(C)CCCCCCN(C)C.CN(C)CCCCN(C)C.CN(C)CCN.CN(C)CCN(C)C.CN(C)CCN(C)CCN(C)C.CN(C)CCO.CN(C)CCOCCN(C)C.CN(CCCN)CCCO.CN(CCO)CCO.NCCO.OCCCCCO.OCCN1CCCC1.OCCN1CCCCC1. The molecule has 2 heterocycles. The summed E-state index contributed by atoms with van der Waals surface area (Å²) < 4.78 is 5.37. The van der Waals surface area contributed by atoms with Crippen LogP contribution in [0.15, 0.2) is 0 Å². The van der Waals surface area contributed by atoms with Gasteiger partial charge in [-0.15, -0.1) is 0 Å². The van der Waals surface area contributed by atoms with Crippen LogP contribution in [0.3, 0.4) is 0 Å². The number of ether oxygens (including phenoxy) is 1. The van der Waals surface area contributed by atoms with Gasteiger partial charge in [-0.1, -0.05) is 33.1 Å². The van der Waals surface area contributed by atoms with E-state index in [-0.39, 0.29) is 52.9 Å². The van der Waals surface area contributed by atoms with Crippen LogP contribution in [0.5, 0.6) is 0 Å². The van der Waals surface area contributed by atoms with Crippen molar-refractivity contribution in [3.8, 4) is 0 Å². The summed E-state index contributed by atoms with van der Waals surface area (Å²) >= 11 is 0. The lowest BCUT2D eigenvalue weighted by Gasteiger charge is -2.25. The van der Waals surface area contributed by atoms with E-state index in [2.05, 4.69) is 241 Å². The monoisotopic (exact) mass is 1720 g/mol. The lowest BCUT2D eigenvalue weighted by molar-refractivity contribution is 0.104. The molecule has 2 rings (SSSR count). The molecule has 0 amide bonds. The van der Waals surface area contributed by atoms with Gasteiger partial charge in [-0.25, -0.2) is 0 Å². The number of aliphatic hydroxyl groups is 10. The maximum atomic E-state index is 8.58. The second kappa shape index (κ2) is 124. The third-order valence-electron chi connectivity index (χ3n) is 16.3. The molecule has 2 saturated heterocycles. The fourth-order valence-corrected chi connectivity index (χ4v) is 8.87. The largest absolute Gasteiger partial charge is 0.396 e. The minimum atomic E-state index is 0.0972. The molecule has 2 fully saturated rings. The molecule has 0 saturated carbocycles. The summed E-state index contributed by atoms with van der Waals surface area (Å²) in [4.78, 5) is 37.0. The van der Waals surface area contributed by atoms with Crippen molar-refractivity contribution in [1.29, 1.82) is 0 Å². The van der Waals surface area contributed by atoms with Gasteiger partial charge in [-0.2, -0.15) is 0 Å². The van der Waals surface area contributed by atoms with Crippen molar-refractivity contribution in [3.05, 3.63) is 0 Å². The van der Waals surface area contributed by atoms with Crippen LogP contribution >= 0.6 is 0 Å². The normalized spacial score (nSPS) is 12.5. The van der Waals surface area contributed by atoms with Crippen molar-refractivity contribution >= 4 is 0 Å². The average Bonchev–Trinajstić information content (AvgIpc) is 1.34. The highest BCUT2D eigenvalue weighted by atomic mass is 16.5. The molecule has 0 spiro atoms. The van der Waals surface area contributed by atoms with Gasteiger partial charge in [0.25, 0.3) is 0 Å². The van der Waals surface area contributed by atoms with Crippen LogP contribution in [0.1, 0.15) is 117 Å². The fraction of sp³-hybridized carbons (Fsp3) is 1.00. The number of nitrogens with zero attached hydrogens (tertiary/aromatic N) is 17. The third kappa shape index (κ3) is 193. The van der Waals surface area contributed by atoms with Gasteiger partial charge in [-0.3, -0.25) is 0 Å². The van der Waals surface area contributed by atoms with E-state index in [1.165, 1.54) is 123 Å². The lowest BCUT2D eigenvalue weighted by Crippen LogP contribution is -2.33. The predicted molar refractivity (Wildman–Crippen MR) is 514 cm³/mol. The highest BCUT2D eigenvalue weighted by Gasteiger charge is 2.10. The molecule has 0 unspecified atom stereocenters. The zero-order chi connectivity index (χ0) is 93.4. The topological polar surface area (TPSA) is 357 Å². The molecule has 0 aromatic rings. The van der Waals surface area contributed by atoms with Crippen LogP contribution < -0.4 is 22.5 Å². The molecule has 2 aliphatic rings. The summed E-state index contributed by atoms with van der Waals surface area (Å²) in [5.74, 6) is 0. The van der Waals surface area contributed by atoms with Crippen LogP contribution in [0, 0.1) is 0 Å². The Morgan fingerprint density at radius 1 is 0.246 bits per heavy atom. The summed E-state index contributed by atoms with van der Waals surface area (Å²) in [6.45, 7) is 36.1. The first kappa shape index (κ1) is 143. The summed E-state index contributed by atoms with van der Waals surface area (Å²) in [6.07, 6.45) is 19.2. The van der Waals surface area contributed by atoms with Crippen LogP contribution in [-0.2, 0) is 4.74 Å². The zero-order valence-corrected chi connectivity index (χ0v) is 83.9. The highest BCUT2D eigenvalue weighted by molar-refractivity contribution is 4.65. The van der Waals surface area contributed by atoms with Crippen LogP contribution in [0.2, 0.25) is 0 Å². The van der Waals surface area contributed by atoms with E-state index in [1.54, 1.807) is 0 Å². The zero-order valence-electron chi connectivity index (χ0n) is 83.9. The summed E-state index contributed by atoms with van der Waals surface area (Å²) in [5, 5.41) is 85.9. The number of unbranched alkanes of at least 4 members (excludes halogenated alkanes) is 6. The van der Waals surface area contributed by atoms with E-state index in [9.17, 15) is 0 Å². The van der Waals surface area contributed by atoms with Gasteiger partial charge >= 0.3 is 0 Å². The Bertz CT molecular complexity index is 1530. The second-order valence-corrected chi connectivity index (χ2v) is 33.2. The van der Waals surface area contributed by atoms with E-state index in [1.807, 2.05) is 52.1 Å². The number of β-amino-alcohol motifs (C(OH)–C–C–N with tert-alkyl or cyclic N) is 2. The maximum absolute atomic E-state index is 8.58. The van der Waals surface area contributed by atoms with Gasteiger partial charge in [0.15, 0.2) is 0 Å². The van der Waals surface area contributed by atoms with E-state index >= 15 is 0 Å². The highest BCUT2D eigenvalue weighted by Crippen LogP contribution is 2.07. The molecule has 0 radical (unpaired) electrons. The number of nitrogens with one attached hydrogen (secondary N) is 1. The molecule has 32 heteroatoms. The summed E-state index contributed by atoms with van der Waals surface area (Å²) in [6, 6.07) is 0.493. The van der Waals surface area contributed by atoms with E-state index in [0.29, 0.717) is 45.4 Å². The first-order valence-corrected chi connectivity index (χ1v) is 44.4. The molecule has 0 aromatic heterocycles. The van der Waals surface area contributed by atoms with Crippen LogP contribution in [0.25, 0.3) is 0 Å². The molecular formula is C86H217N21O11. The van der Waals surface area contributed by atoms with Gasteiger partial charge in [0.2, 0.25) is 0 Å². The van der Waals surface area contributed by atoms with Crippen molar-refractivity contribution in [3.63, 3.8) is 0 Å². The number of nitrogens with two attached hydrogens (primary N) is 3. The van der Waals surface area contributed by atoms with E-state index in [0.717, 1.165) is 150 Å². The number of likely N-dealkylation sites (tertiary alicyclic amines) is 2. The third-order valence-corrected chi connectivity index (χ3v) is 16.3. The number of likely N-dealkylation sites (N-methyl/N-ethyl adjacent to an activating group) is 10. The van der Waals surface area contributed by atoms with Gasteiger partial charge in [-0.05, 0) is 339 Å². The Labute approximate surface area is 733 Å². The van der Waals surface area contributed by atoms with Crippen LogP contribution in [0.4, 0.5) is 0 Å². The van der Waals surface area contributed by atoms with Gasteiger partial charge in [0.1, 0.15) is 0 Å². The first-order chi connectivity index (χ1) is 55.6. The van der Waals surface area contributed by atoms with E-state index < -0.39 is 0 Å². The maximum Gasteiger partial charge on any atom is 0.0593 e. The smallest absolute Gasteiger partial charge is 0.0593 e. The van der Waals surface area contributed by atoms with Gasteiger partial charge in [0, 0.05) is 144 Å². The Morgan fingerprint density at radius 3 is 0.746 bits per heavy atom. The molecule has 0 bridgehead atoms. The number of hydrogen-bond acceptors (Lipinski definition) is 32. The minimum Gasteiger partial charge on any atom is -0.396 e. The molecule has 17 N–H and O–H groups in total. The lowest BCUT2D eigenvalue weighted by atomic mass is 10.1. The molecule has 0 aromatic carbocycles. The van der Waals surface area contributed by atoms with Gasteiger partial charge < -0.3 is 162 Å². The Hall–Kier alpha value is -1.28. The molecule has 0 aliphatic carbocycles. The van der Waals surface area contributed by atoms with E-state index in [4.69, 9.17) is 73.0 Å². The number of piperidine rings is 1. The van der Waals surface area contributed by atoms with Gasteiger partial charge in [0.05, 0.1) is 59.5 Å². The fourth-order valence-electron chi connectivity index (χ4n) is 8.87. The van der Waals surface area contributed by atoms with Crippen molar-refractivity contribution in [1.82, 2.24) is 88.6 Å². The Kier molecular flexibility index (Phi) is 150. The molecular weight excluding hydrogens is 1500 g/mol. The van der Waals surface area contributed by atoms with Crippen LogP contribution in [-0.4, -0.2) is 593 Å². The molecule has 0 atom stereocenters. The minimum absolute atomic E-state index is 0.0972. The summed E-state index contributed by atoms with van der Waals surface area (Å²) in [5.41, 5.74) is 15.3. The van der Waals surface area contributed by atoms with Crippen molar-refractivity contribution in [2.24, 2.45) is 17.2 Å². The average molecular weight is 1720 g/mol. The predicted octanol–water partition coefficient (Wildman–Crippen LogP) is 0.0307. The Morgan fingerprint density at radius 2 is 0.517 bits per heavy atom. The number of hydrogen-bond donors (Lipinski definition) is 14. The standard InChI is InChI=1S/C10H24N2.C9H23N3.C8H20N2O.C8H20N2.C7H18N2O.C7H15NO.C6H16N2.C6H13NO.C5H13NO2.C5H13NO.C5H12O2.C4H12N2.C4H11NO.C2H7NO/c1-11(2)9-7-5-6-8-10-12(3)4;1-10(2)6-8-12(5)9-7-11(3)4;1-9(2)5-7-11-8-6-10(3)4;1-9(2)7-5-6-8-10(3)4;1-9(5-2-4-8)6-3-7-10;9-7-6-8-4-2-1-3-5-8;1-7(2)5-6-8(3)4;8-6-5-7-3-1-2-4-7;1-6(2-4-7)3-5-8;1-5(2)6-3-4-7;6-4-2-1-3-5-7;1-6(2)4-3-5;1-5(2)3-4-6;3-1-2-4/h5-10H2,1-4H3;6-9H2,1-5H3;5-8H2,1-4H3;5-8H2,1-4H3;10H,2-8H2,1H3;9H,1-7H2;5-6H2,1-4H3;8H,1-6H2;7-8H,2-5H2,1H3;5-7H,3-4H2,1-2H3;6-7H,1-5H2;3-5H2,1-2H3;6H,3-4H2,1-2H3;4H,1-3H2. The first-order valence-electron chi connectivity index (χ1n) is 44.4. The summed E-state index contributed by atoms with van der Waals surface area (Å²) in [7, 11) is 56.0. The second-order valence-electron chi connectivity index (χ2n) is 33.2. The molecule has 32 nitrogen and oxygen atoms in total.